The van der Waals surface area contributed by atoms with Crippen LogP contribution < -0.4 is 5.32 Å². The van der Waals surface area contributed by atoms with Crippen LogP contribution in [0.25, 0.3) is 0 Å². The lowest BCUT2D eigenvalue weighted by molar-refractivity contribution is 0.101. The first kappa shape index (κ1) is 16.5. The molecular weight excluding hydrogens is 358 g/mol. The third-order valence-corrected chi connectivity index (χ3v) is 4.87. The monoisotopic (exact) mass is 368 g/mol. The minimum Gasteiger partial charge on any atom is -0.361 e. The molecule has 0 unspecified atom stereocenters. The van der Waals surface area contributed by atoms with E-state index in [-0.39, 0.29) is 22.1 Å². The van der Waals surface area contributed by atoms with E-state index >= 15 is 0 Å². The summed E-state index contributed by atoms with van der Waals surface area (Å²) in [6, 6.07) is 4.78. The third-order valence-electron chi connectivity index (χ3n) is 2.85. The quantitative estimate of drug-likeness (QED) is 0.547. The fraction of sp³-hybridized carbons (Fsp3) is 0.143. The molecule has 10 heteroatoms. The van der Waals surface area contributed by atoms with Gasteiger partial charge in [-0.3, -0.25) is 10.1 Å². The van der Waals surface area contributed by atoms with Crippen molar-refractivity contribution in [3.8, 4) is 0 Å². The Labute approximate surface area is 143 Å². The van der Waals surface area contributed by atoms with Gasteiger partial charge in [0.15, 0.2) is 10.0 Å². The molecule has 0 aliphatic heterocycles. The van der Waals surface area contributed by atoms with Crippen molar-refractivity contribution in [1.82, 2.24) is 15.4 Å². The van der Waals surface area contributed by atoms with Crippen molar-refractivity contribution < 1.29 is 18.1 Å². The van der Waals surface area contributed by atoms with Gasteiger partial charge in [0.1, 0.15) is 17.4 Å². The highest BCUT2D eigenvalue weighted by molar-refractivity contribution is 8.00. The topological polar surface area (TPSA) is 80.9 Å². The van der Waals surface area contributed by atoms with E-state index < -0.39 is 17.5 Å². The van der Waals surface area contributed by atoms with E-state index in [9.17, 15) is 13.6 Å². The number of anilines is 1. The van der Waals surface area contributed by atoms with E-state index in [0.717, 1.165) is 29.5 Å². The lowest BCUT2D eigenvalue weighted by Crippen LogP contribution is -2.11. The largest absolute Gasteiger partial charge is 0.361 e. The van der Waals surface area contributed by atoms with Gasteiger partial charge in [0, 0.05) is 17.4 Å². The van der Waals surface area contributed by atoms with Gasteiger partial charge in [-0.05, 0) is 25.1 Å². The Morgan fingerprint density at radius 1 is 1.33 bits per heavy atom. The van der Waals surface area contributed by atoms with Crippen molar-refractivity contribution >= 4 is 34.1 Å². The van der Waals surface area contributed by atoms with Crippen molar-refractivity contribution in [1.29, 1.82) is 0 Å². The van der Waals surface area contributed by atoms with Crippen LogP contribution in [0.4, 0.5) is 13.9 Å². The van der Waals surface area contributed by atoms with Gasteiger partial charge in [0.05, 0.1) is 0 Å². The molecule has 0 saturated carbocycles. The number of halogens is 2. The van der Waals surface area contributed by atoms with Gasteiger partial charge in [0.2, 0.25) is 5.13 Å². The summed E-state index contributed by atoms with van der Waals surface area (Å²) in [6.45, 7) is 1.68. The first-order valence-corrected chi connectivity index (χ1v) is 8.46. The first-order valence-electron chi connectivity index (χ1n) is 6.66. The number of rotatable bonds is 5. The summed E-state index contributed by atoms with van der Waals surface area (Å²) in [5.41, 5.74) is 0.373. The summed E-state index contributed by atoms with van der Waals surface area (Å²) in [5.74, 6) is -0.723. The number of hydrogen-bond acceptors (Lipinski definition) is 7. The van der Waals surface area contributed by atoms with Crippen molar-refractivity contribution in [2.24, 2.45) is 0 Å². The Hall–Kier alpha value is -2.33. The number of thioether (sulfide) groups is 1. The number of aromatic nitrogens is 3. The van der Waals surface area contributed by atoms with Crippen molar-refractivity contribution in [3.63, 3.8) is 0 Å². The van der Waals surface area contributed by atoms with Crippen LogP contribution in [0.5, 0.6) is 0 Å². The summed E-state index contributed by atoms with van der Waals surface area (Å²) in [6.07, 6.45) is 0. The van der Waals surface area contributed by atoms with Crippen molar-refractivity contribution in [2.45, 2.75) is 17.0 Å². The van der Waals surface area contributed by atoms with Gasteiger partial charge in [-0.1, -0.05) is 28.3 Å². The van der Waals surface area contributed by atoms with Crippen LogP contribution in [0.3, 0.4) is 0 Å². The van der Waals surface area contributed by atoms with E-state index in [1.54, 1.807) is 6.92 Å². The second kappa shape index (κ2) is 7.05. The number of aryl methyl sites for hydroxylation is 1. The maximum atomic E-state index is 13.6. The summed E-state index contributed by atoms with van der Waals surface area (Å²) in [7, 11) is 0. The van der Waals surface area contributed by atoms with Gasteiger partial charge >= 0.3 is 0 Å². The Bertz CT molecular complexity index is 881. The number of amides is 1. The molecular formula is C14H10F2N4O2S2. The van der Waals surface area contributed by atoms with E-state index in [2.05, 4.69) is 20.7 Å². The average Bonchev–Trinajstić information content (AvgIpc) is 3.17. The molecule has 1 aromatic carbocycles. The zero-order valence-corrected chi connectivity index (χ0v) is 13.9. The highest BCUT2D eigenvalue weighted by Gasteiger charge is 2.14. The van der Waals surface area contributed by atoms with E-state index in [1.165, 1.54) is 17.8 Å². The van der Waals surface area contributed by atoms with Crippen molar-refractivity contribution in [3.05, 3.63) is 52.9 Å². The Morgan fingerprint density at radius 3 is 2.92 bits per heavy atom. The smallest absolute Gasteiger partial charge is 0.279 e. The Morgan fingerprint density at radius 2 is 2.17 bits per heavy atom. The molecule has 0 spiro atoms. The van der Waals surface area contributed by atoms with Gasteiger partial charge in [-0.25, -0.2) is 8.78 Å². The number of carbonyl (C=O) groups excluding carboxylic acids is 1. The summed E-state index contributed by atoms with van der Waals surface area (Å²) >= 11 is 2.32. The van der Waals surface area contributed by atoms with Crippen LogP contribution in [-0.2, 0) is 5.75 Å². The molecule has 124 valence electrons. The zero-order chi connectivity index (χ0) is 17.1. The molecule has 3 aromatic rings. The molecule has 0 radical (unpaired) electrons. The molecule has 0 fully saturated rings. The molecule has 6 nitrogen and oxygen atoms in total. The third kappa shape index (κ3) is 3.95. The number of benzene rings is 1. The van der Waals surface area contributed by atoms with Gasteiger partial charge in [-0.15, -0.1) is 10.2 Å². The summed E-state index contributed by atoms with van der Waals surface area (Å²) in [5, 5.41) is 14.1. The Kier molecular flexibility index (Phi) is 4.86. The van der Waals surface area contributed by atoms with Crippen LogP contribution in [0.15, 0.2) is 33.1 Å². The minimum atomic E-state index is -0.500. The molecule has 0 bridgehead atoms. The zero-order valence-electron chi connectivity index (χ0n) is 12.2. The summed E-state index contributed by atoms with van der Waals surface area (Å²) < 4.78 is 32.0. The van der Waals surface area contributed by atoms with Crippen LogP contribution >= 0.6 is 23.1 Å². The molecule has 24 heavy (non-hydrogen) atoms. The van der Waals surface area contributed by atoms with Crippen LogP contribution in [0, 0.1) is 18.6 Å². The standard InChI is InChI=1S/C14H10F2N4O2S2/c1-7-4-11(20-22-7)12(21)17-13-18-19-14(24-13)23-6-8-5-9(15)2-3-10(8)16/h2-5H,6H2,1H3,(H,17,18,21). The highest BCUT2D eigenvalue weighted by Crippen LogP contribution is 2.29. The highest BCUT2D eigenvalue weighted by atomic mass is 32.2. The SMILES string of the molecule is Cc1cc(C(=O)Nc2nnc(SCc3cc(F)ccc3F)s2)no1. The molecule has 0 aliphatic rings. The molecule has 2 heterocycles. The lowest BCUT2D eigenvalue weighted by Gasteiger charge is -2.00. The molecule has 2 aromatic heterocycles. The molecule has 3 rings (SSSR count). The number of nitrogens with zero attached hydrogens (tertiary/aromatic N) is 3. The predicted molar refractivity (Wildman–Crippen MR) is 85.0 cm³/mol. The number of carbonyl (C=O) groups is 1. The van der Waals surface area contributed by atoms with Crippen LogP contribution in [0.2, 0.25) is 0 Å². The average molecular weight is 368 g/mol. The second-order valence-electron chi connectivity index (χ2n) is 4.67. The molecule has 1 N–H and O–H groups in total. The predicted octanol–water partition coefficient (Wildman–Crippen LogP) is 3.66. The maximum Gasteiger partial charge on any atom is 0.279 e. The number of nitrogens with one attached hydrogen (secondary N) is 1. The normalized spacial score (nSPS) is 10.8. The van der Waals surface area contributed by atoms with E-state index in [0.29, 0.717) is 10.1 Å². The Balaban J connectivity index is 1.61. The second-order valence-corrected chi connectivity index (χ2v) is 6.87. The fourth-order valence-electron chi connectivity index (χ4n) is 1.75. The van der Waals surface area contributed by atoms with Gasteiger partial charge < -0.3 is 4.52 Å². The van der Waals surface area contributed by atoms with Gasteiger partial charge in [0.25, 0.3) is 5.91 Å². The van der Waals surface area contributed by atoms with Crippen LogP contribution in [0.1, 0.15) is 21.8 Å². The van der Waals surface area contributed by atoms with Crippen molar-refractivity contribution in [2.75, 3.05) is 5.32 Å². The maximum absolute atomic E-state index is 13.6. The number of hydrogen-bond donors (Lipinski definition) is 1. The van der Waals surface area contributed by atoms with Crippen LogP contribution in [-0.4, -0.2) is 21.3 Å². The van der Waals surface area contributed by atoms with E-state index in [4.69, 9.17) is 4.52 Å². The fourth-order valence-corrected chi connectivity index (χ4v) is 3.47. The molecule has 1 amide bonds. The van der Waals surface area contributed by atoms with E-state index in [1.807, 2.05) is 0 Å². The molecule has 0 aliphatic carbocycles. The first-order chi connectivity index (χ1) is 11.5. The minimum absolute atomic E-state index is 0.138. The molecule has 0 atom stereocenters. The summed E-state index contributed by atoms with van der Waals surface area (Å²) in [4.78, 5) is 11.9. The lowest BCUT2D eigenvalue weighted by atomic mass is 10.2. The molecule has 0 saturated heterocycles. The van der Waals surface area contributed by atoms with Gasteiger partial charge in [-0.2, -0.15) is 0 Å².